The van der Waals surface area contributed by atoms with Crippen LogP contribution in [0, 0.1) is 11.2 Å². The molecular formula is C14H21FN2. The molecule has 1 aliphatic heterocycles. The van der Waals surface area contributed by atoms with Crippen LogP contribution in [0.15, 0.2) is 24.3 Å². The molecule has 1 aromatic carbocycles. The van der Waals surface area contributed by atoms with E-state index in [0.717, 1.165) is 31.6 Å². The first-order valence-corrected chi connectivity index (χ1v) is 6.20. The number of benzene rings is 1. The van der Waals surface area contributed by atoms with E-state index in [2.05, 4.69) is 18.7 Å². The van der Waals surface area contributed by atoms with E-state index in [1.165, 1.54) is 12.1 Å². The lowest BCUT2D eigenvalue weighted by Gasteiger charge is -2.42. The molecule has 0 radical (unpaired) electrons. The summed E-state index contributed by atoms with van der Waals surface area (Å²) in [5, 5.41) is 0. The van der Waals surface area contributed by atoms with Gasteiger partial charge in [-0.2, -0.15) is 0 Å². The van der Waals surface area contributed by atoms with Crippen LogP contribution in [-0.2, 0) is 6.54 Å². The highest BCUT2D eigenvalue weighted by atomic mass is 19.1. The number of nitrogens with zero attached hydrogens (tertiary/aromatic N) is 1. The van der Waals surface area contributed by atoms with Gasteiger partial charge in [0.2, 0.25) is 0 Å². The highest BCUT2D eigenvalue weighted by Gasteiger charge is 2.32. The van der Waals surface area contributed by atoms with Gasteiger partial charge in [-0.1, -0.05) is 26.0 Å². The van der Waals surface area contributed by atoms with E-state index in [1.807, 2.05) is 12.1 Å². The van der Waals surface area contributed by atoms with Crippen molar-refractivity contribution >= 4 is 0 Å². The Balaban J connectivity index is 1.95. The maximum Gasteiger partial charge on any atom is 0.123 e. The van der Waals surface area contributed by atoms with Crippen LogP contribution in [0.4, 0.5) is 4.39 Å². The summed E-state index contributed by atoms with van der Waals surface area (Å²) >= 11 is 0. The monoisotopic (exact) mass is 236 g/mol. The Morgan fingerprint density at radius 2 is 2.00 bits per heavy atom. The standard InChI is InChI=1S/C14H21FN2/c1-14(2)7-8-17(10-13(14)16)9-11-3-5-12(15)6-4-11/h3-6,13H,7-10,16H2,1-2H3. The predicted molar refractivity (Wildman–Crippen MR) is 68.1 cm³/mol. The van der Waals surface area contributed by atoms with Crippen LogP contribution >= 0.6 is 0 Å². The topological polar surface area (TPSA) is 29.3 Å². The van der Waals surface area contributed by atoms with Crippen molar-refractivity contribution in [1.82, 2.24) is 4.90 Å². The van der Waals surface area contributed by atoms with Crippen molar-refractivity contribution in [1.29, 1.82) is 0 Å². The van der Waals surface area contributed by atoms with Gasteiger partial charge < -0.3 is 5.73 Å². The van der Waals surface area contributed by atoms with Crippen molar-refractivity contribution in [2.75, 3.05) is 13.1 Å². The second-order valence-corrected chi connectivity index (χ2v) is 5.71. The van der Waals surface area contributed by atoms with E-state index in [9.17, 15) is 4.39 Å². The smallest absolute Gasteiger partial charge is 0.123 e. The Morgan fingerprint density at radius 3 is 2.59 bits per heavy atom. The molecule has 3 heteroatoms. The second-order valence-electron chi connectivity index (χ2n) is 5.71. The molecule has 2 N–H and O–H groups in total. The van der Waals surface area contributed by atoms with Crippen LogP contribution < -0.4 is 5.73 Å². The zero-order valence-corrected chi connectivity index (χ0v) is 10.6. The largest absolute Gasteiger partial charge is 0.326 e. The van der Waals surface area contributed by atoms with Crippen LogP contribution in [0.5, 0.6) is 0 Å². The molecule has 1 unspecified atom stereocenters. The summed E-state index contributed by atoms with van der Waals surface area (Å²) in [5.74, 6) is -0.176. The van der Waals surface area contributed by atoms with Crippen LogP contribution in [0.2, 0.25) is 0 Å². The summed E-state index contributed by atoms with van der Waals surface area (Å²) in [4.78, 5) is 2.35. The minimum absolute atomic E-state index is 0.176. The molecule has 1 aromatic rings. The number of rotatable bonds is 2. The van der Waals surface area contributed by atoms with Crippen LogP contribution in [0.3, 0.4) is 0 Å². The number of nitrogens with two attached hydrogens (primary N) is 1. The highest BCUT2D eigenvalue weighted by molar-refractivity contribution is 5.16. The second kappa shape index (κ2) is 4.75. The van der Waals surface area contributed by atoms with Crippen molar-refractivity contribution in [3.8, 4) is 0 Å². The predicted octanol–water partition coefficient (Wildman–Crippen LogP) is 2.38. The Kier molecular flexibility index (Phi) is 3.50. The number of hydrogen-bond acceptors (Lipinski definition) is 2. The third kappa shape index (κ3) is 3.05. The fourth-order valence-corrected chi connectivity index (χ4v) is 2.24. The number of piperidine rings is 1. The molecule has 94 valence electrons. The van der Waals surface area contributed by atoms with Crippen LogP contribution in [0.25, 0.3) is 0 Å². The Labute approximate surface area is 103 Å². The van der Waals surface area contributed by atoms with Gasteiger partial charge >= 0.3 is 0 Å². The van der Waals surface area contributed by atoms with E-state index < -0.39 is 0 Å². The Hall–Kier alpha value is -0.930. The number of hydrogen-bond donors (Lipinski definition) is 1. The first-order chi connectivity index (χ1) is 7.97. The van der Waals surface area contributed by atoms with E-state index in [4.69, 9.17) is 5.73 Å². The van der Waals surface area contributed by atoms with E-state index in [1.54, 1.807) is 0 Å². The summed E-state index contributed by atoms with van der Waals surface area (Å²) in [7, 11) is 0. The molecule has 17 heavy (non-hydrogen) atoms. The van der Waals surface area contributed by atoms with Crippen molar-refractivity contribution in [2.24, 2.45) is 11.1 Å². The molecule has 0 aliphatic carbocycles. The molecule has 0 saturated carbocycles. The van der Waals surface area contributed by atoms with Crippen molar-refractivity contribution in [3.63, 3.8) is 0 Å². The third-order valence-electron chi connectivity index (χ3n) is 3.85. The SMILES string of the molecule is CC1(C)CCN(Cc2ccc(F)cc2)CC1N. The fraction of sp³-hybridized carbons (Fsp3) is 0.571. The number of halogens is 1. The maximum absolute atomic E-state index is 12.8. The maximum atomic E-state index is 12.8. The van der Waals surface area contributed by atoms with Crippen molar-refractivity contribution in [3.05, 3.63) is 35.6 Å². The van der Waals surface area contributed by atoms with Crippen molar-refractivity contribution in [2.45, 2.75) is 32.9 Å². The molecule has 1 aliphatic rings. The number of likely N-dealkylation sites (tertiary alicyclic amines) is 1. The molecule has 0 bridgehead atoms. The van der Waals surface area contributed by atoms with Crippen molar-refractivity contribution < 1.29 is 4.39 Å². The van der Waals surface area contributed by atoms with E-state index in [-0.39, 0.29) is 17.3 Å². The highest BCUT2D eigenvalue weighted by Crippen LogP contribution is 2.29. The van der Waals surface area contributed by atoms with Crippen LogP contribution in [-0.4, -0.2) is 24.0 Å². The van der Waals surface area contributed by atoms with Gasteiger partial charge in [-0.3, -0.25) is 4.90 Å². The lowest BCUT2D eigenvalue weighted by molar-refractivity contribution is 0.101. The normalized spacial score (nSPS) is 24.8. The zero-order chi connectivity index (χ0) is 12.5. The van der Waals surface area contributed by atoms with E-state index >= 15 is 0 Å². The summed E-state index contributed by atoms with van der Waals surface area (Å²) in [6.45, 7) is 7.31. The summed E-state index contributed by atoms with van der Waals surface area (Å²) < 4.78 is 12.8. The van der Waals surface area contributed by atoms with Gasteiger partial charge in [0.1, 0.15) is 5.82 Å². The quantitative estimate of drug-likeness (QED) is 0.854. The minimum Gasteiger partial charge on any atom is -0.326 e. The molecule has 2 rings (SSSR count). The molecule has 1 heterocycles. The fourth-order valence-electron chi connectivity index (χ4n) is 2.24. The molecule has 1 fully saturated rings. The molecule has 1 atom stereocenters. The average molecular weight is 236 g/mol. The minimum atomic E-state index is -0.176. The van der Waals surface area contributed by atoms with Gasteiger partial charge in [0.25, 0.3) is 0 Å². The summed E-state index contributed by atoms with van der Waals surface area (Å²) in [6.07, 6.45) is 1.12. The Bertz CT molecular complexity index is 372. The molecule has 0 aromatic heterocycles. The summed E-state index contributed by atoms with van der Waals surface area (Å²) in [5.41, 5.74) is 7.57. The van der Waals surface area contributed by atoms with Gasteiger partial charge in [0.05, 0.1) is 0 Å². The first kappa shape index (κ1) is 12.5. The lowest BCUT2D eigenvalue weighted by Crippen LogP contribution is -2.52. The van der Waals surface area contributed by atoms with Crippen LogP contribution in [0.1, 0.15) is 25.8 Å². The van der Waals surface area contributed by atoms with E-state index in [0.29, 0.717) is 0 Å². The van der Waals surface area contributed by atoms with Gasteiger partial charge in [-0.15, -0.1) is 0 Å². The van der Waals surface area contributed by atoms with Gasteiger partial charge in [-0.05, 0) is 36.1 Å². The molecule has 1 saturated heterocycles. The summed E-state index contributed by atoms with van der Waals surface area (Å²) in [6, 6.07) is 6.95. The van der Waals surface area contributed by atoms with Gasteiger partial charge in [-0.25, -0.2) is 4.39 Å². The average Bonchev–Trinajstić information content (AvgIpc) is 2.27. The Morgan fingerprint density at radius 1 is 1.35 bits per heavy atom. The first-order valence-electron chi connectivity index (χ1n) is 6.20. The zero-order valence-electron chi connectivity index (χ0n) is 10.6. The molecule has 2 nitrogen and oxygen atoms in total. The van der Waals surface area contributed by atoms with Gasteiger partial charge in [0, 0.05) is 19.1 Å². The van der Waals surface area contributed by atoms with Gasteiger partial charge in [0.15, 0.2) is 0 Å². The molecule has 0 spiro atoms. The molecular weight excluding hydrogens is 215 g/mol. The lowest BCUT2D eigenvalue weighted by atomic mass is 9.78. The third-order valence-corrected chi connectivity index (χ3v) is 3.85. The molecule has 0 amide bonds.